The van der Waals surface area contributed by atoms with Gasteiger partial charge in [-0.2, -0.15) is 0 Å². The predicted octanol–water partition coefficient (Wildman–Crippen LogP) is 2.46. The third-order valence-electron chi connectivity index (χ3n) is 6.53. The van der Waals surface area contributed by atoms with Crippen molar-refractivity contribution in [1.29, 1.82) is 0 Å². The van der Waals surface area contributed by atoms with E-state index in [1.54, 1.807) is 29.8 Å². The quantitative estimate of drug-likeness (QED) is 0.308. The first kappa shape index (κ1) is 26.9. The van der Waals surface area contributed by atoms with E-state index in [4.69, 9.17) is 16.3 Å². The topological polar surface area (TPSA) is 119 Å². The summed E-state index contributed by atoms with van der Waals surface area (Å²) < 4.78 is 21.7. The van der Waals surface area contributed by atoms with Crippen LogP contribution >= 0.6 is 0 Å². The van der Waals surface area contributed by atoms with E-state index in [-0.39, 0.29) is 29.0 Å². The van der Waals surface area contributed by atoms with Gasteiger partial charge in [0.05, 0.1) is 19.3 Å². The Morgan fingerprint density at radius 3 is 2.71 bits per heavy atom. The second-order valence-corrected chi connectivity index (χ2v) is 9.51. The number of carbonyl (C=O) groups is 1. The number of amides is 1. The van der Waals surface area contributed by atoms with Gasteiger partial charge in [0.25, 0.3) is 11.5 Å². The van der Waals surface area contributed by atoms with Crippen LogP contribution in [0.2, 0.25) is 0 Å². The first-order valence-corrected chi connectivity index (χ1v) is 12.3. The summed E-state index contributed by atoms with van der Waals surface area (Å²) in [6.07, 6.45) is 4.05. The van der Waals surface area contributed by atoms with Gasteiger partial charge in [-0.1, -0.05) is 18.2 Å². The Morgan fingerprint density at radius 1 is 1.21 bits per heavy atom. The third kappa shape index (κ3) is 6.04. The van der Waals surface area contributed by atoms with E-state index in [9.17, 15) is 9.59 Å². The highest BCUT2D eigenvalue weighted by atomic mass is 19.1. The highest BCUT2D eigenvalue weighted by Crippen LogP contribution is 2.29. The lowest BCUT2D eigenvalue weighted by Gasteiger charge is -2.25. The maximum absolute atomic E-state index is 15.1. The van der Waals surface area contributed by atoms with E-state index in [0.717, 1.165) is 25.1 Å². The minimum absolute atomic E-state index is 0.0104. The molecule has 0 atom stereocenters. The van der Waals surface area contributed by atoms with Crippen molar-refractivity contribution in [1.82, 2.24) is 14.8 Å². The van der Waals surface area contributed by atoms with Crippen LogP contribution in [0.4, 0.5) is 10.1 Å². The van der Waals surface area contributed by atoms with E-state index in [1.807, 2.05) is 6.07 Å². The number of benzene rings is 2. The van der Waals surface area contributed by atoms with Crippen molar-refractivity contribution < 1.29 is 13.9 Å². The Labute approximate surface area is 221 Å². The summed E-state index contributed by atoms with van der Waals surface area (Å²) in [5.74, 6) is 4.86. The zero-order valence-corrected chi connectivity index (χ0v) is 21.8. The highest BCUT2D eigenvalue weighted by molar-refractivity contribution is 5.94. The Morgan fingerprint density at radius 2 is 2.00 bits per heavy atom. The van der Waals surface area contributed by atoms with Crippen molar-refractivity contribution in [2.45, 2.75) is 33.0 Å². The monoisotopic (exact) mass is 520 g/mol. The molecule has 2 heterocycles. The molecule has 0 saturated heterocycles. The fraction of sp³-hybridized carbons (Fsp3) is 0.286. The van der Waals surface area contributed by atoms with E-state index in [0.29, 0.717) is 17.9 Å². The molecule has 5 N–H and O–H groups in total. The fourth-order valence-electron chi connectivity index (χ4n) is 4.54. The number of allylic oxidation sites excluding steroid dienone is 1. The van der Waals surface area contributed by atoms with Crippen LogP contribution in [0, 0.1) is 5.82 Å². The standard InChI is InChI=1S/C28H33FN6O3/c1-18(30)15-35(31)24-6-7-25(38-3)27(29)23(24)14-32-28(37)21-9-11-34(26(36)13-21)16-19-4-5-20-8-10-33(2)17-22(20)12-19/h4-7,9,11-13,15H,8,10,14,16-17,30-31H2,1-3H3,(H,32,37)/b18-15-. The largest absolute Gasteiger partial charge is 0.494 e. The minimum atomic E-state index is -0.657. The van der Waals surface area contributed by atoms with Gasteiger partial charge in [0.15, 0.2) is 11.6 Å². The summed E-state index contributed by atoms with van der Waals surface area (Å²) in [4.78, 5) is 27.9. The molecule has 1 aliphatic heterocycles. The number of aromatic nitrogens is 1. The number of pyridine rings is 1. The molecule has 3 aromatic rings. The number of carbonyl (C=O) groups excluding carboxylic acids is 1. The van der Waals surface area contributed by atoms with Crippen LogP contribution in [0.25, 0.3) is 0 Å². The zero-order chi connectivity index (χ0) is 27.4. The van der Waals surface area contributed by atoms with Gasteiger partial charge in [-0.05, 0) is 55.3 Å². The average molecular weight is 521 g/mol. The van der Waals surface area contributed by atoms with Crippen LogP contribution < -0.4 is 32.2 Å². The van der Waals surface area contributed by atoms with Gasteiger partial charge in [-0.25, -0.2) is 10.2 Å². The third-order valence-corrected chi connectivity index (χ3v) is 6.53. The van der Waals surface area contributed by atoms with Gasteiger partial charge < -0.3 is 25.3 Å². The van der Waals surface area contributed by atoms with Crippen LogP contribution in [0.1, 0.15) is 39.5 Å². The van der Waals surface area contributed by atoms with Gasteiger partial charge >= 0.3 is 0 Å². The molecule has 0 aliphatic carbocycles. The molecule has 200 valence electrons. The number of anilines is 1. The Hall–Kier alpha value is -4.15. The van der Waals surface area contributed by atoms with E-state index in [2.05, 4.69) is 29.4 Å². The number of rotatable bonds is 8. The number of hydrazine groups is 1. The van der Waals surface area contributed by atoms with Crippen molar-refractivity contribution in [2.24, 2.45) is 11.6 Å². The first-order valence-electron chi connectivity index (χ1n) is 12.3. The van der Waals surface area contributed by atoms with Crippen molar-refractivity contribution >= 4 is 11.6 Å². The summed E-state index contributed by atoms with van der Waals surface area (Å²) in [5.41, 5.74) is 10.0. The maximum Gasteiger partial charge on any atom is 0.251 e. The average Bonchev–Trinajstić information content (AvgIpc) is 2.88. The SMILES string of the molecule is COc1ccc(N(N)/C=C(/C)N)c(CNC(=O)c2ccn(Cc3ccc4c(c3)CN(C)CC4)c(=O)c2)c1F. The van der Waals surface area contributed by atoms with Crippen LogP contribution in [0.15, 0.2) is 65.4 Å². The Balaban J connectivity index is 1.49. The van der Waals surface area contributed by atoms with Gasteiger partial charge in [-0.15, -0.1) is 0 Å². The molecule has 0 spiro atoms. The normalized spacial score (nSPS) is 13.7. The maximum atomic E-state index is 15.1. The number of methoxy groups -OCH3 is 1. The Bertz CT molecular complexity index is 1430. The summed E-state index contributed by atoms with van der Waals surface area (Å²) >= 11 is 0. The number of halogens is 1. The predicted molar refractivity (Wildman–Crippen MR) is 145 cm³/mol. The summed E-state index contributed by atoms with van der Waals surface area (Å²) in [5, 5.41) is 3.85. The molecule has 9 nitrogen and oxygen atoms in total. The minimum Gasteiger partial charge on any atom is -0.494 e. The molecular weight excluding hydrogens is 487 g/mol. The van der Waals surface area contributed by atoms with Crippen molar-refractivity contribution in [3.8, 4) is 5.75 Å². The summed E-state index contributed by atoms with van der Waals surface area (Å²) in [6, 6.07) is 12.2. The lowest BCUT2D eigenvalue weighted by Crippen LogP contribution is -2.30. The summed E-state index contributed by atoms with van der Waals surface area (Å²) in [6.45, 7) is 3.78. The second-order valence-electron chi connectivity index (χ2n) is 9.51. The van der Waals surface area contributed by atoms with Gasteiger partial charge in [0.1, 0.15) is 0 Å². The number of nitrogens with one attached hydrogen (secondary N) is 1. The van der Waals surface area contributed by atoms with Crippen LogP contribution in [0.3, 0.4) is 0 Å². The van der Waals surface area contributed by atoms with E-state index in [1.165, 1.54) is 41.6 Å². The van der Waals surface area contributed by atoms with Crippen LogP contribution in [0.5, 0.6) is 5.75 Å². The molecule has 0 unspecified atom stereocenters. The van der Waals surface area contributed by atoms with Gasteiger partial charge in [0, 0.05) is 54.9 Å². The number of ether oxygens (including phenoxy) is 1. The van der Waals surface area contributed by atoms with Gasteiger partial charge in [-0.3, -0.25) is 14.6 Å². The summed E-state index contributed by atoms with van der Waals surface area (Å²) in [7, 11) is 3.44. The molecule has 2 aromatic carbocycles. The zero-order valence-electron chi connectivity index (χ0n) is 21.8. The first-order chi connectivity index (χ1) is 18.2. The molecule has 0 fully saturated rings. The Kier molecular flexibility index (Phi) is 8.13. The molecule has 1 aliphatic rings. The lowest BCUT2D eigenvalue weighted by molar-refractivity contribution is 0.0950. The molecule has 38 heavy (non-hydrogen) atoms. The molecule has 1 amide bonds. The van der Waals surface area contributed by atoms with Crippen LogP contribution in [-0.2, 0) is 26.1 Å². The number of hydrogen-bond acceptors (Lipinski definition) is 7. The molecule has 0 bridgehead atoms. The fourth-order valence-corrected chi connectivity index (χ4v) is 4.54. The number of fused-ring (bicyclic) bond motifs is 1. The molecule has 0 radical (unpaired) electrons. The van der Waals surface area contributed by atoms with E-state index < -0.39 is 11.7 Å². The van der Waals surface area contributed by atoms with Crippen LogP contribution in [-0.4, -0.2) is 36.1 Å². The number of nitrogens with zero attached hydrogens (tertiary/aromatic N) is 3. The molecule has 1 aromatic heterocycles. The molecule has 10 heteroatoms. The van der Waals surface area contributed by atoms with E-state index >= 15 is 4.39 Å². The molecule has 4 rings (SSSR count). The second kappa shape index (κ2) is 11.5. The number of nitrogens with two attached hydrogens (primary N) is 2. The smallest absolute Gasteiger partial charge is 0.251 e. The highest BCUT2D eigenvalue weighted by Gasteiger charge is 2.19. The molecular formula is C28H33FN6O3. The number of likely N-dealkylation sites (N-methyl/N-ethyl adjacent to an activating group) is 1. The number of hydrogen-bond donors (Lipinski definition) is 3. The molecule has 0 saturated carbocycles. The van der Waals surface area contributed by atoms with Crippen molar-refractivity contribution in [3.63, 3.8) is 0 Å². The van der Waals surface area contributed by atoms with Crippen molar-refractivity contribution in [3.05, 3.63) is 105 Å². The lowest BCUT2D eigenvalue weighted by atomic mass is 9.97. The van der Waals surface area contributed by atoms with Gasteiger partial charge in [0.2, 0.25) is 0 Å². The van der Waals surface area contributed by atoms with Crippen molar-refractivity contribution in [2.75, 3.05) is 25.7 Å².